The molecule has 256 valence electrons. The third-order valence-electron chi connectivity index (χ3n) is 10.8. The zero-order valence-corrected chi connectivity index (χ0v) is 30.6. The van der Waals surface area contributed by atoms with Gasteiger partial charge in [-0.1, -0.05) is 158 Å². The van der Waals surface area contributed by atoms with Gasteiger partial charge in [-0.2, -0.15) is 0 Å². The van der Waals surface area contributed by atoms with Gasteiger partial charge in [0.1, 0.15) is 0 Å². The third-order valence-corrected chi connectivity index (χ3v) is 12.1. The number of thiophene rings is 1. The molecule has 11 rings (SSSR count). The van der Waals surface area contributed by atoms with E-state index in [0.29, 0.717) is 5.82 Å². The van der Waals surface area contributed by atoms with Crippen molar-refractivity contribution in [2.24, 2.45) is 0 Å². The van der Waals surface area contributed by atoms with Gasteiger partial charge in [0.25, 0.3) is 0 Å². The number of hydrogen-bond acceptors (Lipinski definition) is 3. The topological polar surface area (TPSA) is 25.8 Å². The second kappa shape index (κ2) is 12.9. The van der Waals surface area contributed by atoms with Crippen LogP contribution in [-0.4, -0.2) is 9.97 Å². The molecule has 0 bridgehead atoms. The van der Waals surface area contributed by atoms with Gasteiger partial charge in [-0.25, -0.2) is 9.97 Å². The molecule has 11 aromatic rings. The van der Waals surface area contributed by atoms with Crippen LogP contribution in [0.2, 0.25) is 0 Å². The Bertz CT molecular complexity index is 3260. The van der Waals surface area contributed by atoms with Crippen LogP contribution in [0.25, 0.3) is 109 Å². The summed E-state index contributed by atoms with van der Waals surface area (Å²) in [6.45, 7) is 0. The number of benzene rings is 9. The lowest BCUT2D eigenvalue weighted by Gasteiger charge is -2.15. The van der Waals surface area contributed by atoms with Crippen molar-refractivity contribution < 1.29 is 0 Å². The van der Waals surface area contributed by atoms with Crippen LogP contribution in [0, 0.1) is 0 Å². The number of nitrogens with zero attached hydrogens (tertiary/aromatic N) is 2. The van der Waals surface area contributed by atoms with Crippen LogP contribution < -0.4 is 0 Å². The van der Waals surface area contributed by atoms with E-state index in [-0.39, 0.29) is 0 Å². The van der Waals surface area contributed by atoms with E-state index in [1.807, 2.05) is 17.4 Å². The molecule has 0 saturated heterocycles. The number of rotatable bonds is 5. The Labute approximate surface area is 322 Å². The number of aromatic nitrogens is 2. The van der Waals surface area contributed by atoms with E-state index in [9.17, 15) is 0 Å². The highest BCUT2D eigenvalue weighted by molar-refractivity contribution is 7.26. The van der Waals surface area contributed by atoms with Gasteiger partial charge >= 0.3 is 0 Å². The Balaban J connectivity index is 1.21. The third kappa shape index (κ3) is 5.40. The first-order valence-corrected chi connectivity index (χ1v) is 19.5. The first-order valence-electron chi connectivity index (χ1n) is 18.6. The average Bonchev–Trinajstić information content (AvgIpc) is 3.65. The quantitative estimate of drug-likeness (QED) is 0.166. The van der Waals surface area contributed by atoms with E-state index in [1.165, 1.54) is 63.6 Å². The van der Waals surface area contributed by atoms with Gasteiger partial charge in [0, 0.05) is 36.9 Å². The van der Waals surface area contributed by atoms with E-state index >= 15 is 0 Å². The summed E-state index contributed by atoms with van der Waals surface area (Å²) >= 11 is 1.86. The van der Waals surface area contributed by atoms with Crippen LogP contribution >= 0.6 is 11.3 Å². The van der Waals surface area contributed by atoms with Crippen molar-refractivity contribution in [3.05, 3.63) is 194 Å². The molecule has 0 saturated carbocycles. The Morgan fingerprint density at radius 3 is 1.75 bits per heavy atom. The summed E-state index contributed by atoms with van der Waals surface area (Å²) in [6, 6.07) is 69.9. The maximum absolute atomic E-state index is 5.36. The Morgan fingerprint density at radius 1 is 0.309 bits per heavy atom. The van der Waals surface area contributed by atoms with Crippen LogP contribution in [-0.2, 0) is 0 Å². The van der Waals surface area contributed by atoms with E-state index in [4.69, 9.17) is 9.97 Å². The van der Waals surface area contributed by atoms with E-state index in [0.717, 1.165) is 39.2 Å². The minimum Gasteiger partial charge on any atom is -0.228 e. The summed E-state index contributed by atoms with van der Waals surface area (Å²) in [5.41, 5.74) is 9.64. The Morgan fingerprint density at radius 2 is 0.891 bits per heavy atom. The van der Waals surface area contributed by atoms with Crippen LogP contribution in [0.3, 0.4) is 0 Å². The average molecular weight is 717 g/mol. The van der Waals surface area contributed by atoms with Crippen LogP contribution in [0.4, 0.5) is 0 Å². The fourth-order valence-corrected chi connectivity index (χ4v) is 9.49. The monoisotopic (exact) mass is 716 g/mol. The molecule has 0 atom stereocenters. The van der Waals surface area contributed by atoms with Crippen LogP contribution in [0.15, 0.2) is 194 Å². The fourth-order valence-electron chi connectivity index (χ4n) is 8.25. The summed E-state index contributed by atoms with van der Waals surface area (Å²) < 4.78 is 2.59. The molecule has 0 unspecified atom stereocenters. The number of hydrogen-bond donors (Lipinski definition) is 0. The molecule has 0 N–H and O–H groups in total. The molecule has 0 aliphatic heterocycles. The lowest BCUT2D eigenvalue weighted by atomic mass is 9.91. The SMILES string of the molecule is c1ccc(-c2nc(-c3cc(-c4cccc5ccccc45)cc(-c4cccc5c4sc4ccccc45)c3)cc(-c3cc4ccccc4c4ccccc34)n2)cc1. The smallest absolute Gasteiger partial charge is 0.160 e. The second-order valence-electron chi connectivity index (χ2n) is 14.1. The molecule has 2 aromatic heterocycles. The van der Waals surface area contributed by atoms with Gasteiger partial charge in [0.05, 0.1) is 11.4 Å². The predicted molar refractivity (Wildman–Crippen MR) is 235 cm³/mol. The van der Waals surface area contributed by atoms with Crippen molar-refractivity contribution in [1.29, 1.82) is 0 Å². The van der Waals surface area contributed by atoms with Crippen molar-refractivity contribution in [3.8, 4) is 56.2 Å². The standard InChI is InChI=1S/C52H32N2S/c1-2-15-34(16-3-1)52-53-48(32-49(54-52)47-31-35-17-5-7-20-40(35)43-21-8-9-22-44(43)47)38-29-36(41-24-12-18-33-14-4-6-19-39(33)41)28-37(30-38)42-25-13-26-46-45-23-10-11-27-50(45)55-51(42)46/h1-32H. The molecule has 2 heterocycles. The lowest BCUT2D eigenvalue weighted by molar-refractivity contribution is 1.19. The highest BCUT2D eigenvalue weighted by Gasteiger charge is 2.18. The molecule has 0 amide bonds. The van der Waals surface area contributed by atoms with Gasteiger partial charge < -0.3 is 0 Å². The molecule has 9 aromatic carbocycles. The van der Waals surface area contributed by atoms with Crippen molar-refractivity contribution in [2.45, 2.75) is 0 Å². The molecule has 3 heteroatoms. The molecule has 0 aliphatic carbocycles. The highest BCUT2D eigenvalue weighted by atomic mass is 32.1. The first kappa shape index (κ1) is 31.6. The molecule has 2 nitrogen and oxygen atoms in total. The normalized spacial score (nSPS) is 11.6. The summed E-state index contributed by atoms with van der Waals surface area (Å²) in [7, 11) is 0. The van der Waals surface area contributed by atoms with Crippen LogP contribution in [0.1, 0.15) is 0 Å². The molecule has 0 spiro atoms. The Kier molecular flexibility index (Phi) is 7.39. The molecule has 0 fully saturated rings. The van der Waals surface area contributed by atoms with Crippen molar-refractivity contribution in [2.75, 3.05) is 0 Å². The van der Waals surface area contributed by atoms with Gasteiger partial charge in [0.2, 0.25) is 0 Å². The fraction of sp³-hybridized carbons (Fsp3) is 0. The lowest BCUT2D eigenvalue weighted by Crippen LogP contribution is -1.97. The second-order valence-corrected chi connectivity index (χ2v) is 15.2. The minimum absolute atomic E-state index is 0.703. The van der Waals surface area contributed by atoms with E-state index < -0.39 is 0 Å². The van der Waals surface area contributed by atoms with Crippen LogP contribution in [0.5, 0.6) is 0 Å². The largest absolute Gasteiger partial charge is 0.228 e. The van der Waals surface area contributed by atoms with Gasteiger partial charge in [-0.05, 0) is 91.0 Å². The summed E-state index contributed by atoms with van der Waals surface area (Å²) in [4.78, 5) is 10.7. The molecule has 0 aliphatic rings. The van der Waals surface area contributed by atoms with E-state index in [2.05, 4.69) is 188 Å². The Hall–Kier alpha value is -6.94. The van der Waals surface area contributed by atoms with E-state index in [1.54, 1.807) is 0 Å². The van der Waals surface area contributed by atoms with Crippen molar-refractivity contribution in [3.63, 3.8) is 0 Å². The predicted octanol–water partition coefficient (Wildman–Crippen LogP) is 14.6. The van der Waals surface area contributed by atoms with Gasteiger partial charge in [-0.3, -0.25) is 0 Å². The van der Waals surface area contributed by atoms with Crippen molar-refractivity contribution >= 4 is 63.8 Å². The maximum Gasteiger partial charge on any atom is 0.160 e. The minimum atomic E-state index is 0.703. The maximum atomic E-state index is 5.36. The molecular weight excluding hydrogens is 685 g/mol. The summed E-state index contributed by atoms with van der Waals surface area (Å²) in [5.74, 6) is 0.703. The molecular formula is C52H32N2S. The summed E-state index contributed by atoms with van der Waals surface area (Å²) in [5, 5.41) is 9.85. The summed E-state index contributed by atoms with van der Waals surface area (Å²) in [6.07, 6.45) is 0. The zero-order chi connectivity index (χ0) is 36.3. The zero-order valence-electron chi connectivity index (χ0n) is 29.8. The first-order chi connectivity index (χ1) is 27.2. The van der Waals surface area contributed by atoms with Gasteiger partial charge in [0.15, 0.2) is 5.82 Å². The van der Waals surface area contributed by atoms with Crippen molar-refractivity contribution in [1.82, 2.24) is 9.97 Å². The van der Waals surface area contributed by atoms with Gasteiger partial charge in [-0.15, -0.1) is 11.3 Å². The highest BCUT2D eigenvalue weighted by Crippen LogP contribution is 2.43. The molecule has 0 radical (unpaired) electrons. The molecule has 55 heavy (non-hydrogen) atoms. The number of fused-ring (bicyclic) bond motifs is 7.